The number of carbonyl (C=O) groups is 2. The van der Waals surface area contributed by atoms with Crippen LogP contribution in [-0.2, 0) is 16.0 Å². The van der Waals surface area contributed by atoms with Gasteiger partial charge in [0, 0.05) is 57.4 Å². The smallest absolute Gasteiger partial charge is 0.274 e. The molecule has 3 aromatic rings. The fourth-order valence-corrected chi connectivity index (χ4v) is 4.03. The van der Waals surface area contributed by atoms with Crippen molar-refractivity contribution in [3.63, 3.8) is 0 Å². The molecule has 1 aromatic carbocycles. The van der Waals surface area contributed by atoms with Crippen LogP contribution in [0.3, 0.4) is 0 Å². The van der Waals surface area contributed by atoms with Gasteiger partial charge in [0.1, 0.15) is 5.69 Å². The van der Waals surface area contributed by atoms with E-state index in [0.29, 0.717) is 13.0 Å². The van der Waals surface area contributed by atoms with Crippen molar-refractivity contribution in [2.45, 2.75) is 12.0 Å². The van der Waals surface area contributed by atoms with Crippen LogP contribution in [0.2, 0.25) is 0 Å². The van der Waals surface area contributed by atoms with E-state index < -0.39 is 5.60 Å². The highest BCUT2D eigenvalue weighted by molar-refractivity contribution is 5.93. The van der Waals surface area contributed by atoms with Gasteiger partial charge in [0.25, 0.3) is 11.8 Å². The summed E-state index contributed by atoms with van der Waals surface area (Å²) in [6.45, 7) is 0.754. The highest BCUT2D eigenvalue weighted by Gasteiger charge is 2.46. The highest BCUT2D eigenvalue weighted by Crippen LogP contribution is 2.31. The average Bonchev–Trinajstić information content (AvgIpc) is 2.84. The first-order valence-corrected chi connectivity index (χ1v) is 10.4. The van der Waals surface area contributed by atoms with Crippen molar-refractivity contribution in [2.24, 2.45) is 0 Å². The van der Waals surface area contributed by atoms with Crippen LogP contribution < -0.4 is 0 Å². The van der Waals surface area contributed by atoms with E-state index >= 15 is 0 Å². The Labute approximate surface area is 186 Å². The molecule has 1 saturated heterocycles. The summed E-state index contributed by atoms with van der Waals surface area (Å²) in [5.74, 6) is -0.451. The van der Waals surface area contributed by atoms with Crippen LogP contribution in [0.25, 0.3) is 11.1 Å². The molecule has 0 saturated carbocycles. The van der Waals surface area contributed by atoms with Gasteiger partial charge in [0.15, 0.2) is 5.60 Å². The Morgan fingerprint density at radius 2 is 1.88 bits per heavy atom. The van der Waals surface area contributed by atoms with Gasteiger partial charge >= 0.3 is 0 Å². The zero-order valence-corrected chi connectivity index (χ0v) is 18.1. The molecular weight excluding hydrogens is 406 g/mol. The van der Waals surface area contributed by atoms with E-state index in [0.717, 1.165) is 16.7 Å². The van der Waals surface area contributed by atoms with Crippen LogP contribution in [0.4, 0.5) is 0 Å². The number of hydrogen-bond donors (Lipinski definition) is 0. The lowest BCUT2D eigenvalue weighted by Crippen LogP contribution is -2.61. The van der Waals surface area contributed by atoms with Crippen molar-refractivity contribution < 1.29 is 14.3 Å². The zero-order valence-electron chi connectivity index (χ0n) is 18.1. The summed E-state index contributed by atoms with van der Waals surface area (Å²) in [7, 11) is 3.40. The number of amides is 2. The summed E-state index contributed by atoms with van der Waals surface area (Å²) in [4.78, 5) is 41.9. The second kappa shape index (κ2) is 9.23. The van der Waals surface area contributed by atoms with Crippen LogP contribution in [0.5, 0.6) is 0 Å². The van der Waals surface area contributed by atoms with Crippen LogP contribution >= 0.6 is 0 Å². The normalized spacial score (nSPS) is 18.2. The maximum Gasteiger partial charge on any atom is 0.274 e. The number of nitrogens with zero attached hydrogens (tertiary/aromatic N) is 5. The van der Waals surface area contributed by atoms with E-state index in [1.165, 1.54) is 23.5 Å². The molecule has 0 N–H and O–H groups in total. The van der Waals surface area contributed by atoms with E-state index in [2.05, 4.69) is 15.0 Å². The standard InChI is InChI=1S/C24H25N5O3/c1-28(2)23(31)24(14-18-6-3-4-8-20(18)19-7-5-9-25-15-19)17-29(12-13-32-24)22(30)21-16-26-10-11-27-21/h3-11,15-16H,12-14,17H2,1-2H3. The topological polar surface area (TPSA) is 88.5 Å². The Kier molecular flexibility index (Phi) is 6.23. The molecule has 8 nitrogen and oxygen atoms in total. The molecule has 1 atom stereocenters. The van der Waals surface area contributed by atoms with Crippen LogP contribution in [-0.4, -0.2) is 76.0 Å². The van der Waals surface area contributed by atoms with Crippen molar-refractivity contribution in [1.29, 1.82) is 0 Å². The summed E-state index contributed by atoms with van der Waals surface area (Å²) in [6.07, 6.45) is 8.28. The molecule has 0 radical (unpaired) electrons. The molecule has 4 rings (SSSR count). The summed E-state index contributed by atoms with van der Waals surface area (Å²) in [5.41, 5.74) is 1.92. The molecule has 3 heterocycles. The molecule has 32 heavy (non-hydrogen) atoms. The second-order valence-electron chi connectivity index (χ2n) is 7.94. The van der Waals surface area contributed by atoms with Crippen molar-refractivity contribution >= 4 is 11.8 Å². The summed E-state index contributed by atoms with van der Waals surface area (Å²) >= 11 is 0. The predicted molar refractivity (Wildman–Crippen MR) is 119 cm³/mol. The van der Waals surface area contributed by atoms with Gasteiger partial charge in [-0.3, -0.25) is 19.6 Å². The van der Waals surface area contributed by atoms with Gasteiger partial charge < -0.3 is 14.5 Å². The molecule has 0 bridgehead atoms. The lowest BCUT2D eigenvalue weighted by Gasteiger charge is -2.43. The average molecular weight is 431 g/mol. The van der Waals surface area contributed by atoms with Gasteiger partial charge in [0.2, 0.25) is 0 Å². The minimum absolute atomic E-state index is 0.126. The number of rotatable bonds is 5. The van der Waals surface area contributed by atoms with Gasteiger partial charge in [-0.1, -0.05) is 30.3 Å². The van der Waals surface area contributed by atoms with Gasteiger partial charge in [-0.25, -0.2) is 4.98 Å². The highest BCUT2D eigenvalue weighted by atomic mass is 16.5. The van der Waals surface area contributed by atoms with Crippen molar-refractivity contribution in [3.05, 3.63) is 78.6 Å². The van der Waals surface area contributed by atoms with Crippen LogP contribution in [0, 0.1) is 0 Å². The molecule has 2 aromatic heterocycles. The first-order valence-electron chi connectivity index (χ1n) is 10.4. The lowest BCUT2D eigenvalue weighted by atomic mass is 9.87. The second-order valence-corrected chi connectivity index (χ2v) is 7.94. The molecule has 1 aliphatic heterocycles. The first-order chi connectivity index (χ1) is 15.5. The predicted octanol–water partition coefficient (Wildman–Crippen LogP) is 2.08. The zero-order chi connectivity index (χ0) is 22.6. The van der Waals surface area contributed by atoms with Crippen LogP contribution in [0.1, 0.15) is 16.1 Å². The van der Waals surface area contributed by atoms with E-state index in [9.17, 15) is 9.59 Å². The van der Waals surface area contributed by atoms with Crippen molar-refractivity contribution in [3.8, 4) is 11.1 Å². The van der Waals surface area contributed by atoms with Gasteiger partial charge in [-0.2, -0.15) is 0 Å². The number of benzene rings is 1. The van der Waals surface area contributed by atoms with E-state index in [1.807, 2.05) is 36.4 Å². The quantitative estimate of drug-likeness (QED) is 0.615. The van der Waals surface area contributed by atoms with Gasteiger partial charge in [-0.15, -0.1) is 0 Å². The molecular formula is C24H25N5O3. The Morgan fingerprint density at radius 3 is 2.59 bits per heavy atom. The Bertz CT molecular complexity index is 1090. The number of morpholine rings is 1. The Morgan fingerprint density at radius 1 is 1.06 bits per heavy atom. The molecule has 1 fully saturated rings. The Balaban J connectivity index is 1.70. The van der Waals surface area contributed by atoms with E-state index in [4.69, 9.17) is 4.74 Å². The van der Waals surface area contributed by atoms with E-state index in [1.54, 1.807) is 31.4 Å². The fraction of sp³-hybridized carbons (Fsp3) is 0.292. The monoisotopic (exact) mass is 431 g/mol. The molecule has 1 aliphatic rings. The number of carbonyl (C=O) groups excluding carboxylic acids is 2. The number of likely N-dealkylation sites (N-methyl/N-ethyl adjacent to an activating group) is 1. The van der Waals surface area contributed by atoms with Crippen molar-refractivity contribution in [1.82, 2.24) is 24.8 Å². The molecule has 164 valence electrons. The molecule has 0 aliphatic carbocycles. The van der Waals surface area contributed by atoms with Gasteiger partial charge in [0.05, 0.1) is 19.3 Å². The summed E-state index contributed by atoms with van der Waals surface area (Å²) in [6, 6.07) is 11.8. The third-order valence-electron chi connectivity index (χ3n) is 5.52. The van der Waals surface area contributed by atoms with Gasteiger partial charge in [-0.05, 0) is 17.2 Å². The molecule has 0 spiro atoms. The maximum absolute atomic E-state index is 13.4. The number of pyridine rings is 1. The molecule has 1 unspecified atom stereocenters. The van der Waals surface area contributed by atoms with Crippen LogP contribution in [0.15, 0.2) is 67.4 Å². The minimum atomic E-state index is -1.21. The van der Waals surface area contributed by atoms with E-state index in [-0.39, 0.29) is 30.7 Å². The molecule has 2 amide bonds. The number of hydrogen-bond acceptors (Lipinski definition) is 6. The largest absolute Gasteiger partial charge is 0.361 e. The number of ether oxygens (including phenoxy) is 1. The molecule has 8 heteroatoms. The number of aromatic nitrogens is 3. The lowest BCUT2D eigenvalue weighted by molar-refractivity contribution is -0.165. The maximum atomic E-state index is 13.4. The Hall–Kier alpha value is -3.65. The summed E-state index contributed by atoms with van der Waals surface area (Å²) in [5, 5.41) is 0. The minimum Gasteiger partial charge on any atom is -0.361 e. The SMILES string of the molecule is CN(C)C(=O)C1(Cc2ccccc2-c2cccnc2)CN(C(=O)c2cnccn2)CCO1. The third-order valence-corrected chi connectivity index (χ3v) is 5.52. The third kappa shape index (κ3) is 4.36. The summed E-state index contributed by atoms with van der Waals surface area (Å²) < 4.78 is 6.16. The van der Waals surface area contributed by atoms with Crippen molar-refractivity contribution in [2.75, 3.05) is 33.8 Å². The fourth-order valence-electron chi connectivity index (χ4n) is 4.03. The first kappa shape index (κ1) is 21.6.